The van der Waals surface area contributed by atoms with Crippen LogP contribution in [0.5, 0.6) is 5.75 Å². The van der Waals surface area contributed by atoms with Crippen LogP contribution in [-0.2, 0) is 4.79 Å². The number of hydrogen-bond donors (Lipinski definition) is 2. The van der Waals surface area contributed by atoms with E-state index in [1.54, 1.807) is 42.5 Å². The van der Waals surface area contributed by atoms with Crippen LogP contribution >= 0.6 is 0 Å². The normalized spacial score (nSPS) is 14.9. The summed E-state index contributed by atoms with van der Waals surface area (Å²) in [7, 11) is 1.60. The van der Waals surface area contributed by atoms with Gasteiger partial charge in [-0.05, 0) is 37.3 Å². The SMILES string of the molecule is COc1ccccc1C1C(C(=O)Nc2ccccn2)=C(C)Nc2nc(-c3cccnc3)nn21. The molecule has 0 spiro atoms. The first-order valence-electron chi connectivity index (χ1n) is 10.4. The zero-order chi connectivity index (χ0) is 22.8. The van der Waals surface area contributed by atoms with Gasteiger partial charge >= 0.3 is 0 Å². The number of fused-ring (bicyclic) bond motifs is 1. The number of ether oxygens (including phenoxy) is 1. The number of benzene rings is 1. The topological polar surface area (TPSA) is 107 Å². The predicted octanol–water partition coefficient (Wildman–Crippen LogP) is 3.67. The Morgan fingerprint density at radius 3 is 2.70 bits per heavy atom. The van der Waals surface area contributed by atoms with Crippen LogP contribution in [0.4, 0.5) is 11.8 Å². The third kappa shape index (κ3) is 3.80. The van der Waals surface area contributed by atoms with Crippen molar-refractivity contribution in [1.82, 2.24) is 24.7 Å². The number of methoxy groups -OCH3 is 1. The molecule has 164 valence electrons. The van der Waals surface area contributed by atoms with Crippen molar-refractivity contribution in [2.75, 3.05) is 17.7 Å². The lowest BCUT2D eigenvalue weighted by Crippen LogP contribution is -2.31. The van der Waals surface area contributed by atoms with Crippen LogP contribution < -0.4 is 15.4 Å². The van der Waals surface area contributed by atoms with Crippen LogP contribution in [-0.4, -0.2) is 37.7 Å². The largest absolute Gasteiger partial charge is 0.496 e. The number of rotatable bonds is 5. The molecular weight excluding hydrogens is 418 g/mol. The van der Waals surface area contributed by atoms with Crippen molar-refractivity contribution in [2.24, 2.45) is 0 Å². The Labute approximate surface area is 190 Å². The molecule has 0 bridgehead atoms. The Hall–Kier alpha value is -4.53. The van der Waals surface area contributed by atoms with Crippen molar-refractivity contribution in [3.8, 4) is 17.1 Å². The Balaban J connectivity index is 1.64. The van der Waals surface area contributed by atoms with E-state index < -0.39 is 6.04 Å². The summed E-state index contributed by atoms with van der Waals surface area (Å²) < 4.78 is 7.34. The van der Waals surface area contributed by atoms with Gasteiger partial charge < -0.3 is 15.4 Å². The molecule has 1 aromatic carbocycles. The zero-order valence-corrected chi connectivity index (χ0v) is 18.1. The Kier molecular flexibility index (Phi) is 5.27. The summed E-state index contributed by atoms with van der Waals surface area (Å²) in [5.41, 5.74) is 2.71. The molecule has 4 heterocycles. The van der Waals surface area contributed by atoms with E-state index in [-0.39, 0.29) is 5.91 Å². The van der Waals surface area contributed by atoms with Crippen molar-refractivity contribution >= 4 is 17.7 Å². The molecule has 0 radical (unpaired) electrons. The highest BCUT2D eigenvalue weighted by Gasteiger charge is 2.36. The maximum Gasteiger partial charge on any atom is 0.257 e. The minimum atomic E-state index is -0.570. The van der Waals surface area contributed by atoms with E-state index in [4.69, 9.17) is 9.84 Å². The number of nitrogens with zero attached hydrogens (tertiary/aromatic N) is 5. The number of aromatic nitrogens is 5. The fourth-order valence-electron chi connectivity index (χ4n) is 3.86. The first-order valence-corrected chi connectivity index (χ1v) is 10.4. The quantitative estimate of drug-likeness (QED) is 0.489. The Morgan fingerprint density at radius 2 is 1.94 bits per heavy atom. The maximum atomic E-state index is 13.5. The predicted molar refractivity (Wildman–Crippen MR) is 124 cm³/mol. The van der Waals surface area contributed by atoms with Gasteiger partial charge in [-0.1, -0.05) is 24.3 Å². The second-order valence-corrected chi connectivity index (χ2v) is 7.42. The van der Waals surface area contributed by atoms with Gasteiger partial charge in [-0.25, -0.2) is 9.67 Å². The van der Waals surface area contributed by atoms with Gasteiger partial charge in [0.05, 0.1) is 12.7 Å². The average Bonchev–Trinajstić information content (AvgIpc) is 3.28. The van der Waals surface area contributed by atoms with Gasteiger partial charge in [0.1, 0.15) is 17.6 Å². The molecule has 1 amide bonds. The molecule has 0 fully saturated rings. The molecule has 9 nitrogen and oxygen atoms in total. The average molecular weight is 439 g/mol. The second-order valence-electron chi connectivity index (χ2n) is 7.42. The Bertz CT molecular complexity index is 1330. The zero-order valence-electron chi connectivity index (χ0n) is 18.1. The van der Waals surface area contributed by atoms with Crippen LogP contribution in [0.1, 0.15) is 18.5 Å². The summed E-state index contributed by atoms with van der Waals surface area (Å²) in [5.74, 6) is 1.84. The van der Waals surface area contributed by atoms with Crippen LogP contribution in [0.15, 0.2) is 84.5 Å². The van der Waals surface area contributed by atoms with Crippen LogP contribution in [0.2, 0.25) is 0 Å². The summed E-state index contributed by atoms with van der Waals surface area (Å²) in [6.07, 6.45) is 5.03. The lowest BCUT2D eigenvalue weighted by Gasteiger charge is -2.29. The summed E-state index contributed by atoms with van der Waals surface area (Å²) in [6, 6.07) is 16.1. The van der Waals surface area contributed by atoms with Gasteiger partial charge in [0, 0.05) is 35.4 Å². The van der Waals surface area contributed by atoms with Gasteiger partial charge in [-0.3, -0.25) is 9.78 Å². The lowest BCUT2D eigenvalue weighted by molar-refractivity contribution is -0.113. The summed E-state index contributed by atoms with van der Waals surface area (Å²) in [5, 5.41) is 10.9. The number of pyridine rings is 2. The molecule has 33 heavy (non-hydrogen) atoms. The van der Waals surface area contributed by atoms with E-state index in [1.165, 1.54) is 0 Å². The number of para-hydroxylation sites is 1. The minimum absolute atomic E-state index is 0.293. The van der Waals surface area contributed by atoms with E-state index in [9.17, 15) is 4.79 Å². The lowest BCUT2D eigenvalue weighted by atomic mass is 9.94. The van der Waals surface area contributed by atoms with E-state index in [1.807, 2.05) is 49.4 Å². The van der Waals surface area contributed by atoms with Crippen LogP contribution in [0.25, 0.3) is 11.4 Å². The third-order valence-corrected chi connectivity index (χ3v) is 5.36. The molecule has 4 aromatic rings. The van der Waals surface area contributed by atoms with Crippen molar-refractivity contribution < 1.29 is 9.53 Å². The number of allylic oxidation sites excluding steroid dienone is 1. The smallest absolute Gasteiger partial charge is 0.257 e. The molecule has 0 saturated heterocycles. The molecule has 0 aliphatic carbocycles. The fraction of sp³-hybridized carbons (Fsp3) is 0.125. The van der Waals surface area contributed by atoms with Gasteiger partial charge in [0.2, 0.25) is 5.95 Å². The number of carbonyl (C=O) groups excluding carboxylic acids is 1. The van der Waals surface area contributed by atoms with E-state index in [0.29, 0.717) is 34.6 Å². The highest BCUT2D eigenvalue weighted by molar-refractivity contribution is 6.05. The summed E-state index contributed by atoms with van der Waals surface area (Å²) >= 11 is 0. The first-order chi connectivity index (χ1) is 16.2. The molecule has 1 aliphatic rings. The molecule has 3 aromatic heterocycles. The number of carbonyl (C=O) groups is 1. The number of amides is 1. The first kappa shape index (κ1) is 20.4. The van der Waals surface area contributed by atoms with Crippen LogP contribution in [0, 0.1) is 0 Å². The van der Waals surface area contributed by atoms with E-state index in [0.717, 1.165) is 11.1 Å². The second kappa shape index (κ2) is 8.54. The highest BCUT2D eigenvalue weighted by Crippen LogP contribution is 2.40. The molecule has 0 saturated carbocycles. The number of anilines is 2. The van der Waals surface area contributed by atoms with E-state index in [2.05, 4.69) is 25.6 Å². The monoisotopic (exact) mass is 439 g/mol. The number of hydrogen-bond acceptors (Lipinski definition) is 7. The molecule has 1 atom stereocenters. The molecule has 2 N–H and O–H groups in total. The Morgan fingerprint density at radius 1 is 1.09 bits per heavy atom. The summed E-state index contributed by atoms with van der Waals surface area (Å²) in [6.45, 7) is 1.84. The number of nitrogens with one attached hydrogen (secondary N) is 2. The highest BCUT2D eigenvalue weighted by atomic mass is 16.5. The van der Waals surface area contributed by atoms with E-state index >= 15 is 0 Å². The third-order valence-electron chi connectivity index (χ3n) is 5.36. The van der Waals surface area contributed by atoms with Crippen molar-refractivity contribution in [3.63, 3.8) is 0 Å². The van der Waals surface area contributed by atoms with Gasteiger partial charge in [-0.15, -0.1) is 5.10 Å². The molecule has 1 unspecified atom stereocenters. The maximum absolute atomic E-state index is 13.5. The van der Waals surface area contributed by atoms with Gasteiger partial charge in [0.15, 0.2) is 5.82 Å². The molecule has 5 rings (SSSR count). The molecule has 9 heteroatoms. The summed E-state index contributed by atoms with van der Waals surface area (Å²) in [4.78, 5) is 26.5. The minimum Gasteiger partial charge on any atom is -0.496 e. The van der Waals surface area contributed by atoms with Gasteiger partial charge in [0.25, 0.3) is 5.91 Å². The van der Waals surface area contributed by atoms with Crippen molar-refractivity contribution in [2.45, 2.75) is 13.0 Å². The van der Waals surface area contributed by atoms with Gasteiger partial charge in [-0.2, -0.15) is 4.98 Å². The molecule has 1 aliphatic heterocycles. The van der Waals surface area contributed by atoms with Crippen molar-refractivity contribution in [3.05, 3.63) is 90.0 Å². The fourth-order valence-corrected chi connectivity index (χ4v) is 3.86. The van der Waals surface area contributed by atoms with Crippen LogP contribution in [0.3, 0.4) is 0 Å². The molecular formula is C24H21N7O2. The van der Waals surface area contributed by atoms with Crippen molar-refractivity contribution in [1.29, 1.82) is 0 Å². The standard InChI is InChI=1S/C24H21N7O2/c1-15-20(23(32)28-19-11-5-6-13-26-19)21(17-9-3-4-10-18(17)33-2)31-24(27-15)29-22(30-31)16-8-7-12-25-14-16/h3-14,21H,1-2H3,(H,26,28,32)(H,27,29,30).